The molecule has 2 aliphatic heterocycles. The van der Waals surface area contributed by atoms with Crippen LogP contribution in [0.5, 0.6) is 23.0 Å². The fraction of sp³-hybridized carbons (Fsp3) is 0.400. The normalized spacial score (nSPS) is 20.7. The predicted octanol–water partition coefficient (Wildman–Crippen LogP) is 3.01. The molecule has 0 spiro atoms. The predicted molar refractivity (Wildman–Crippen MR) is 107 cm³/mol. The van der Waals surface area contributed by atoms with Crippen molar-refractivity contribution in [2.24, 2.45) is 0 Å². The number of hydrogen-bond acceptors (Lipinski definition) is 4. The number of methoxy groups -OCH3 is 1. The molecule has 0 amide bonds. The van der Waals surface area contributed by atoms with Crippen molar-refractivity contribution >= 4 is 24.0 Å². The molecule has 3 aliphatic rings. The molecule has 2 heterocycles. The van der Waals surface area contributed by atoms with Gasteiger partial charge in [-0.05, 0) is 28.8 Å². The second-order valence-electron chi connectivity index (χ2n) is 7.66. The average molecular weight is 467 g/mol. The van der Waals surface area contributed by atoms with Gasteiger partial charge in [0.2, 0.25) is 6.79 Å². The van der Waals surface area contributed by atoms with Crippen molar-refractivity contribution < 1.29 is 23.8 Å². The van der Waals surface area contributed by atoms with Gasteiger partial charge in [0.1, 0.15) is 11.8 Å². The van der Waals surface area contributed by atoms with Crippen LogP contribution in [0.25, 0.3) is 11.1 Å². The van der Waals surface area contributed by atoms with Crippen LogP contribution in [0.4, 0.5) is 0 Å². The third-order valence-electron chi connectivity index (χ3n) is 6.01. The molecule has 5 nitrogen and oxygen atoms in total. The summed E-state index contributed by atoms with van der Waals surface area (Å²) in [4.78, 5) is 0. The van der Waals surface area contributed by atoms with E-state index in [1.807, 2.05) is 6.07 Å². The molecule has 138 valence electrons. The SMILES string of the molecule is COc1ccc2c(c1[O-])-c1c3c(cc4c1[C@H](C2)[N+](C)(C)CC4)OCO3.I. The van der Waals surface area contributed by atoms with E-state index in [2.05, 4.69) is 20.2 Å². The maximum absolute atomic E-state index is 13.1. The smallest absolute Gasteiger partial charge is 0.231 e. The van der Waals surface area contributed by atoms with E-state index in [0.717, 1.165) is 52.1 Å². The Bertz CT molecular complexity index is 909. The Morgan fingerprint density at radius 2 is 1.96 bits per heavy atom. The fourth-order valence-electron chi connectivity index (χ4n) is 4.63. The van der Waals surface area contributed by atoms with E-state index in [4.69, 9.17) is 14.2 Å². The molecule has 1 atom stereocenters. The first kappa shape index (κ1) is 17.7. The number of rotatable bonds is 1. The molecular weight excluding hydrogens is 445 g/mol. The van der Waals surface area contributed by atoms with Gasteiger partial charge < -0.3 is 23.8 Å². The van der Waals surface area contributed by atoms with Crippen LogP contribution in [0, 0.1) is 0 Å². The van der Waals surface area contributed by atoms with E-state index in [9.17, 15) is 5.11 Å². The molecule has 2 aromatic rings. The molecule has 0 saturated carbocycles. The lowest BCUT2D eigenvalue weighted by molar-refractivity contribution is -0.923. The monoisotopic (exact) mass is 467 g/mol. The zero-order chi connectivity index (χ0) is 17.3. The van der Waals surface area contributed by atoms with Crippen LogP contribution in [0.15, 0.2) is 18.2 Å². The number of hydrogen-bond donors (Lipinski definition) is 0. The van der Waals surface area contributed by atoms with Crippen LogP contribution < -0.4 is 19.3 Å². The van der Waals surface area contributed by atoms with Crippen molar-refractivity contribution in [3.8, 4) is 34.1 Å². The maximum Gasteiger partial charge on any atom is 0.231 e. The summed E-state index contributed by atoms with van der Waals surface area (Å²) < 4.78 is 17.7. The number of nitrogens with zero attached hydrogens (tertiary/aromatic N) is 1. The number of halogens is 1. The van der Waals surface area contributed by atoms with Gasteiger partial charge in [0, 0.05) is 24.0 Å². The highest BCUT2D eigenvalue weighted by Gasteiger charge is 2.44. The standard InChI is InChI=1S/C20H21NO4.HI/c1-21(2)7-6-12-9-15-20(25-10-24-15)18-16(12)13(21)8-11-4-5-14(23-3)19(22)17(11)18;/h4-5,9,13H,6-8,10H2,1-3H3;1H/t13-;/m0./s1. The first-order chi connectivity index (χ1) is 12.0. The van der Waals surface area contributed by atoms with Gasteiger partial charge in [0.15, 0.2) is 11.5 Å². The second-order valence-corrected chi connectivity index (χ2v) is 7.66. The Hall–Kier alpha value is -1.67. The van der Waals surface area contributed by atoms with E-state index in [-0.39, 0.29) is 36.5 Å². The Morgan fingerprint density at radius 3 is 2.73 bits per heavy atom. The van der Waals surface area contributed by atoms with Crippen molar-refractivity contribution in [3.63, 3.8) is 0 Å². The third kappa shape index (κ3) is 2.24. The largest absolute Gasteiger partial charge is 0.870 e. The maximum atomic E-state index is 13.1. The third-order valence-corrected chi connectivity index (χ3v) is 6.01. The molecule has 6 heteroatoms. The van der Waals surface area contributed by atoms with Gasteiger partial charge in [-0.2, -0.15) is 0 Å². The molecule has 0 unspecified atom stereocenters. The summed E-state index contributed by atoms with van der Waals surface area (Å²) in [6.45, 7) is 1.29. The van der Waals surface area contributed by atoms with Crippen LogP contribution in [0.3, 0.4) is 0 Å². The number of quaternary nitrogens is 1. The van der Waals surface area contributed by atoms with Crippen LogP contribution >= 0.6 is 24.0 Å². The lowest BCUT2D eigenvalue weighted by atomic mass is 9.75. The van der Waals surface area contributed by atoms with Crippen molar-refractivity contribution in [2.45, 2.75) is 18.9 Å². The van der Waals surface area contributed by atoms with Crippen molar-refractivity contribution in [1.29, 1.82) is 0 Å². The van der Waals surface area contributed by atoms with E-state index in [1.54, 1.807) is 13.2 Å². The summed E-state index contributed by atoms with van der Waals surface area (Å²) in [7, 11) is 6.09. The number of fused-ring (bicyclic) bond motifs is 4. The lowest BCUT2D eigenvalue weighted by Gasteiger charge is -2.46. The van der Waals surface area contributed by atoms with Gasteiger partial charge in [-0.25, -0.2) is 0 Å². The Morgan fingerprint density at radius 1 is 1.15 bits per heavy atom. The quantitative estimate of drug-likeness (QED) is 0.478. The molecule has 0 bridgehead atoms. The summed E-state index contributed by atoms with van der Waals surface area (Å²) in [5.41, 5.74) is 5.29. The minimum atomic E-state index is -0.0552. The Labute approximate surface area is 170 Å². The van der Waals surface area contributed by atoms with Crippen molar-refractivity contribution in [2.75, 3.05) is 34.5 Å². The lowest BCUT2D eigenvalue weighted by Crippen LogP contribution is -2.49. The molecule has 0 N–H and O–H groups in total. The summed E-state index contributed by atoms with van der Waals surface area (Å²) >= 11 is 0. The molecule has 2 aromatic carbocycles. The average Bonchev–Trinajstić information content (AvgIpc) is 3.06. The first-order valence-electron chi connectivity index (χ1n) is 8.66. The highest BCUT2D eigenvalue weighted by molar-refractivity contribution is 14.0. The minimum absolute atomic E-state index is 0. The van der Waals surface area contributed by atoms with Crippen molar-refractivity contribution in [1.82, 2.24) is 0 Å². The Kier molecular flexibility index (Phi) is 4.04. The Balaban J connectivity index is 0.00000168. The van der Waals surface area contributed by atoms with E-state index in [1.165, 1.54) is 11.1 Å². The highest BCUT2D eigenvalue weighted by atomic mass is 127. The molecule has 0 saturated heterocycles. The van der Waals surface area contributed by atoms with Gasteiger partial charge in [-0.3, -0.25) is 0 Å². The zero-order valence-corrected chi connectivity index (χ0v) is 17.5. The van der Waals surface area contributed by atoms with Crippen LogP contribution in [-0.4, -0.2) is 39.0 Å². The van der Waals surface area contributed by atoms with Crippen LogP contribution in [-0.2, 0) is 12.8 Å². The first-order valence-corrected chi connectivity index (χ1v) is 8.66. The van der Waals surface area contributed by atoms with Gasteiger partial charge in [-0.15, -0.1) is 24.0 Å². The second kappa shape index (κ2) is 5.92. The zero-order valence-electron chi connectivity index (χ0n) is 15.1. The summed E-state index contributed by atoms with van der Waals surface area (Å²) in [5, 5.41) is 13.1. The fourth-order valence-corrected chi connectivity index (χ4v) is 4.63. The van der Waals surface area contributed by atoms with Gasteiger partial charge in [-0.1, -0.05) is 11.8 Å². The molecular formula is C20H22INO4. The van der Waals surface area contributed by atoms with Crippen molar-refractivity contribution in [3.05, 3.63) is 34.9 Å². The molecule has 0 radical (unpaired) electrons. The topological polar surface area (TPSA) is 50.8 Å². The van der Waals surface area contributed by atoms with Gasteiger partial charge in [0.05, 0.1) is 27.7 Å². The molecule has 26 heavy (non-hydrogen) atoms. The van der Waals surface area contributed by atoms with E-state index >= 15 is 0 Å². The van der Waals surface area contributed by atoms with Gasteiger partial charge >= 0.3 is 0 Å². The minimum Gasteiger partial charge on any atom is -0.870 e. The molecule has 1 aliphatic carbocycles. The molecule has 0 fully saturated rings. The number of likely N-dealkylation sites (N-methyl/N-ethyl adjacent to an activating group) is 1. The summed E-state index contributed by atoms with van der Waals surface area (Å²) in [5.74, 6) is 1.80. The van der Waals surface area contributed by atoms with Crippen LogP contribution in [0.1, 0.15) is 22.7 Å². The van der Waals surface area contributed by atoms with E-state index < -0.39 is 0 Å². The van der Waals surface area contributed by atoms with E-state index in [0.29, 0.717) is 11.8 Å². The number of benzene rings is 2. The number of ether oxygens (including phenoxy) is 3. The van der Waals surface area contributed by atoms with Gasteiger partial charge in [0.25, 0.3) is 0 Å². The summed E-state index contributed by atoms with van der Waals surface area (Å²) in [6, 6.07) is 6.26. The summed E-state index contributed by atoms with van der Waals surface area (Å²) in [6.07, 6.45) is 1.84. The molecule has 5 rings (SSSR count). The van der Waals surface area contributed by atoms with Crippen LogP contribution in [0.2, 0.25) is 0 Å². The molecule has 0 aromatic heterocycles. The highest BCUT2D eigenvalue weighted by Crippen LogP contribution is 2.57.